The number of ether oxygens (including phenoxy) is 3. The van der Waals surface area contributed by atoms with Crippen molar-refractivity contribution in [3.63, 3.8) is 0 Å². The summed E-state index contributed by atoms with van der Waals surface area (Å²) in [6.45, 7) is 2.28. The van der Waals surface area contributed by atoms with Crippen molar-refractivity contribution < 1.29 is 19.0 Å². The molecule has 0 radical (unpaired) electrons. The highest BCUT2D eigenvalue weighted by Gasteiger charge is 2.35. The van der Waals surface area contributed by atoms with Gasteiger partial charge in [0.2, 0.25) is 0 Å². The summed E-state index contributed by atoms with van der Waals surface area (Å²) in [5.74, 6) is -1.84. The molecule has 2 rings (SSSR count). The molecule has 0 amide bonds. The van der Waals surface area contributed by atoms with E-state index in [9.17, 15) is 4.79 Å². The van der Waals surface area contributed by atoms with Gasteiger partial charge < -0.3 is 14.2 Å². The van der Waals surface area contributed by atoms with Gasteiger partial charge in [0.15, 0.2) is 0 Å². The minimum absolute atomic E-state index is 0.302. The number of carbonyl (C=O) groups is 1. The summed E-state index contributed by atoms with van der Waals surface area (Å²) in [4.78, 5) is 12.3. The first-order chi connectivity index (χ1) is 11.2. The largest absolute Gasteiger partial charge is 0.404 e. The molecule has 1 atom stereocenters. The highest BCUT2D eigenvalue weighted by atomic mass is 16.9. The highest BCUT2D eigenvalue weighted by Crippen LogP contribution is 2.24. The Balaban J connectivity index is 2.09. The van der Waals surface area contributed by atoms with Crippen molar-refractivity contribution in [2.75, 3.05) is 7.11 Å². The van der Waals surface area contributed by atoms with Crippen LogP contribution in [0.3, 0.4) is 0 Å². The first-order valence-corrected chi connectivity index (χ1v) is 7.70. The molecule has 2 aromatic rings. The molecule has 0 spiro atoms. The predicted octanol–water partition coefficient (Wildman–Crippen LogP) is 4.16. The number of methoxy groups -OCH3 is 1. The van der Waals surface area contributed by atoms with Gasteiger partial charge in [-0.05, 0) is 24.1 Å². The molecule has 0 saturated carbocycles. The minimum atomic E-state index is -1.38. The second kappa shape index (κ2) is 8.46. The maximum Gasteiger partial charge on any atom is 0.342 e. The van der Waals surface area contributed by atoms with Gasteiger partial charge in [-0.25, -0.2) is 4.79 Å². The Hall–Kier alpha value is -2.17. The van der Waals surface area contributed by atoms with Crippen LogP contribution < -0.4 is 0 Å². The molecule has 0 aliphatic heterocycles. The summed E-state index contributed by atoms with van der Waals surface area (Å²) in [5, 5.41) is 0. The number of rotatable bonds is 8. The quantitative estimate of drug-likeness (QED) is 0.542. The zero-order valence-electron chi connectivity index (χ0n) is 13.5. The molecule has 0 bridgehead atoms. The molecule has 23 heavy (non-hydrogen) atoms. The summed E-state index contributed by atoms with van der Waals surface area (Å²) in [6, 6.07) is 18.5. The van der Waals surface area contributed by atoms with Gasteiger partial charge in [-0.1, -0.05) is 55.5 Å². The molecule has 0 aliphatic rings. The summed E-state index contributed by atoms with van der Waals surface area (Å²) in [6.07, 6.45) is 1.21. The second-order valence-electron chi connectivity index (χ2n) is 5.17. The fraction of sp³-hybridized carbons (Fsp3) is 0.316. The predicted molar refractivity (Wildman–Crippen MR) is 87.7 cm³/mol. The fourth-order valence-corrected chi connectivity index (χ4v) is 2.20. The molecular formula is C19H22O4. The Morgan fingerprint density at radius 2 is 1.61 bits per heavy atom. The van der Waals surface area contributed by atoms with Gasteiger partial charge in [-0.2, -0.15) is 0 Å². The average Bonchev–Trinajstić information content (AvgIpc) is 2.61. The molecule has 0 fully saturated rings. The van der Waals surface area contributed by atoms with E-state index in [-0.39, 0.29) is 0 Å². The first kappa shape index (κ1) is 17.2. The molecule has 4 nitrogen and oxygen atoms in total. The van der Waals surface area contributed by atoms with E-state index in [0.29, 0.717) is 18.6 Å². The molecule has 0 aromatic heterocycles. The summed E-state index contributed by atoms with van der Waals surface area (Å²) in [7, 11) is 1.49. The van der Waals surface area contributed by atoms with Crippen molar-refractivity contribution in [1.29, 1.82) is 0 Å². The van der Waals surface area contributed by atoms with Crippen LogP contribution in [-0.4, -0.2) is 19.1 Å². The van der Waals surface area contributed by atoms with Gasteiger partial charge in [0.05, 0.1) is 12.2 Å². The topological polar surface area (TPSA) is 44.8 Å². The van der Waals surface area contributed by atoms with E-state index in [0.717, 1.165) is 12.0 Å². The van der Waals surface area contributed by atoms with Gasteiger partial charge >= 0.3 is 11.9 Å². The highest BCUT2D eigenvalue weighted by molar-refractivity contribution is 5.89. The molecule has 0 N–H and O–H groups in total. The lowest BCUT2D eigenvalue weighted by Crippen LogP contribution is -2.40. The second-order valence-corrected chi connectivity index (χ2v) is 5.17. The van der Waals surface area contributed by atoms with E-state index < -0.39 is 11.9 Å². The number of carbonyl (C=O) groups excluding carboxylic acids is 1. The normalized spacial score (nSPS) is 13.3. The van der Waals surface area contributed by atoms with Crippen molar-refractivity contribution in [3.8, 4) is 0 Å². The van der Waals surface area contributed by atoms with Crippen LogP contribution in [0, 0.1) is 0 Å². The maximum atomic E-state index is 12.3. The first-order valence-electron chi connectivity index (χ1n) is 7.70. The van der Waals surface area contributed by atoms with Crippen molar-refractivity contribution in [2.45, 2.75) is 32.3 Å². The van der Waals surface area contributed by atoms with Gasteiger partial charge in [0.1, 0.15) is 0 Å². The van der Waals surface area contributed by atoms with Crippen molar-refractivity contribution in [3.05, 3.63) is 71.8 Å². The van der Waals surface area contributed by atoms with Crippen LogP contribution >= 0.6 is 0 Å². The third-order valence-electron chi connectivity index (χ3n) is 3.43. The number of esters is 1. The van der Waals surface area contributed by atoms with Crippen molar-refractivity contribution >= 4 is 5.97 Å². The monoisotopic (exact) mass is 314 g/mol. The van der Waals surface area contributed by atoms with Gasteiger partial charge in [0, 0.05) is 13.5 Å². The van der Waals surface area contributed by atoms with E-state index in [4.69, 9.17) is 14.2 Å². The number of benzene rings is 2. The molecule has 2 aromatic carbocycles. The Labute approximate surface area is 137 Å². The lowest BCUT2D eigenvalue weighted by molar-refractivity contribution is -0.353. The standard InChI is InChI=1S/C19H22O4/c1-3-14-19(21-2,22-15-16-10-6-4-7-11-16)23-18(20)17-12-8-5-9-13-17/h4-13H,3,14-15H2,1-2H3. The fourth-order valence-electron chi connectivity index (χ4n) is 2.20. The van der Waals surface area contributed by atoms with Crippen LogP contribution in [0.15, 0.2) is 60.7 Å². The summed E-state index contributed by atoms with van der Waals surface area (Å²) in [5.41, 5.74) is 1.45. The Morgan fingerprint density at radius 3 is 2.17 bits per heavy atom. The van der Waals surface area contributed by atoms with E-state index in [1.807, 2.05) is 43.3 Å². The van der Waals surface area contributed by atoms with Crippen molar-refractivity contribution in [1.82, 2.24) is 0 Å². The molecule has 4 heteroatoms. The Bertz CT molecular complexity index is 597. The van der Waals surface area contributed by atoms with E-state index in [1.54, 1.807) is 24.3 Å². The minimum Gasteiger partial charge on any atom is -0.404 e. The number of hydrogen-bond acceptors (Lipinski definition) is 4. The van der Waals surface area contributed by atoms with E-state index in [2.05, 4.69) is 0 Å². The molecule has 0 aliphatic carbocycles. The van der Waals surface area contributed by atoms with E-state index >= 15 is 0 Å². The summed E-state index contributed by atoms with van der Waals surface area (Å²) >= 11 is 0. The average molecular weight is 314 g/mol. The maximum absolute atomic E-state index is 12.3. The van der Waals surface area contributed by atoms with Crippen LogP contribution in [-0.2, 0) is 20.8 Å². The zero-order valence-corrected chi connectivity index (χ0v) is 13.5. The molecule has 0 saturated heterocycles. The molecular weight excluding hydrogens is 292 g/mol. The van der Waals surface area contributed by atoms with Crippen LogP contribution in [0.5, 0.6) is 0 Å². The van der Waals surface area contributed by atoms with Crippen LogP contribution in [0.25, 0.3) is 0 Å². The van der Waals surface area contributed by atoms with Crippen LogP contribution in [0.4, 0.5) is 0 Å². The molecule has 0 heterocycles. The SMILES string of the molecule is CCCC(OC)(OCc1ccccc1)OC(=O)c1ccccc1. The molecule has 122 valence electrons. The Kier molecular flexibility index (Phi) is 6.32. The lowest BCUT2D eigenvalue weighted by Gasteiger charge is -2.31. The zero-order chi connectivity index (χ0) is 16.5. The molecule has 1 unspecified atom stereocenters. The smallest absolute Gasteiger partial charge is 0.342 e. The van der Waals surface area contributed by atoms with Crippen molar-refractivity contribution in [2.24, 2.45) is 0 Å². The Morgan fingerprint density at radius 1 is 1.00 bits per heavy atom. The van der Waals surface area contributed by atoms with Gasteiger partial charge in [0.25, 0.3) is 0 Å². The third-order valence-corrected chi connectivity index (χ3v) is 3.43. The van der Waals surface area contributed by atoms with Crippen LogP contribution in [0.1, 0.15) is 35.7 Å². The van der Waals surface area contributed by atoms with Gasteiger partial charge in [-0.3, -0.25) is 0 Å². The summed E-state index contributed by atoms with van der Waals surface area (Å²) < 4.78 is 16.8. The number of hydrogen-bond donors (Lipinski definition) is 0. The third kappa shape index (κ3) is 4.91. The van der Waals surface area contributed by atoms with Gasteiger partial charge in [-0.15, -0.1) is 0 Å². The van der Waals surface area contributed by atoms with Crippen LogP contribution in [0.2, 0.25) is 0 Å². The lowest BCUT2D eigenvalue weighted by atomic mass is 10.2. The van der Waals surface area contributed by atoms with E-state index in [1.165, 1.54) is 7.11 Å².